The Balaban J connectivity index is 0.00000161. The van der Waals surface area contributed by atoms with Crippen LogP contribution < -0.4 is 5.32 Å². The molecule has 0 aliphatic carbocycles. The third-order valence-electron chi connectivity index (χ3n) is 4.43. The van der Waals surface area contributed by atoms with Crippen molar-refractivity contribution in [2.24, 2.45) is 0 Å². The summed E-state index contributed by atoms with van der Waals surface area (Å²) in [5, 5.41) is 7.63. The van der Waals surface area contributed by atoms with Gasteiger partial charge < -0.3 is 9.84 Å². The first-order valence-electron chi connectivity index (χ1n) is 7.78. The van der Waals surface area contributed by atoms with E-state index in [1.54, 1.807) is 0 Å². The van der Waals surface area contributed by atoms with Crippen molar-refractivity contribution in [1.29, 1.82) is 0 Å². The summed E-state index contributed by atoms with van der Waals surface area (Å²) in [6.45, 7) is 7.45. The standard InChI is InChI=1S/C14H25N5O.ClH/c1-3-7-19-8-4-5-11(19)14-16-13(17-20-14)12-10-15-6-9-18(12)2;/h11-12,15H,3-10H2,1-2H3;1H. The van der Waals surface area contributed by atoms with Crippen molar-refractivity contribution in [2.75, 3.05) is 39.8 Å². The summed E-state index contributed by atoms with van der Waals surface area (Å²) >= 11 is 0. The van der Waals surface area contributed by atoms with Crippen molar-refractivity contribution in [3.63, 3.8) is 0 Å². The molecule has 21 heavy (non-hydrogen) atoms. The monoisotopic (exact) mass is 315 g/mol. The highest BCUT2D eigenvalue weighted by Gasteiger charge is 2.32. The fourth-order valence-corrected chi connectivity index (χ4v) is 3.27. The highest BCUT2D eigenvalue weighted by molar-refractivity contribution is 5.85. The number of aromatic nitrogens is 2. The van der Waals surface area contributed by atoms with E-state index < -0.39 is 0 Å². The Morgan fingerprint density at radius 2 is 2.19 bits per heavy atom. The molecule has 0 saturated carbocycles. The predicted octanol–water partition coefficient (Wildman–Crippen LogP) is 1.61. The van der Waals surface area contributed by atoms with Crippen LogP contribution in [-0.4, -0.2) is 59.7 Å². The zero-order chi connectivity index (χ0) is 13.9. The minimum Gasteiger partial charge on any atom is -0.338 e. The maximum atomic E-state index is 5.57. The molecule has 2 aliphatic rings. The molecule has 3 rings (SSSR count). The molecule has 0 spiro atoms. The number of rotatable bonds is 4. The molecule has 1 N–H and O–H groups in total. The lowest BCUT2D eigenvalue weighted by Crippen LogP contribution is -2.44. The molecule has 3 heterocycles. The van der Waals surface area contributed by atoms with Gasteiger partial charge in [0, 0.05) is 19.6 Å². The fraction of sp³-hybridized carbons (Fsp3) is 0.857. The topological polar surface area (TPSA) is 57.4 Å². The number of piperazine rings is 1. The Hall–Kier alpha value is -0.690. The van der Waals surface area contributed by atoms with Crippen molar-refractivity contribution in [1.82, 2.24) is 25.3 Å². The molecule has 2 aliphatic heterocycles. The average Bonchev–Trinajstić information content (AvgIpc) is 3.08. The van der Waals surface area contributed by atoms with Crippen molar-refractivity contribution in [3.05, 3.63) is 11.7 Å². The molecule has 7 heteroatoms. The number of hydrogen-bond acceptors (Lipinski definition) is 6. The van der Waals surface area contributed by atoms with E-state index in [1.165, 1.54) is 12.8 Å². The van der Waals surface area contributed by atoms with Crippen molar-refractivity contribution in [2.45, 2.75) is 38.3 Å². The van der Waals surface area contributed by atoms with Crippen LogP contribution in [0.25, 0.3) is 0 Å². The van der Waals surface area contributed by atoms with Crippen LogP contribution in [0.1, 0.15) is 50.0 Å². The second kappa shape index (κ2) is 7.54. The molecule has 2 fully saturated rings. The average molecular weight is 316 g/mol. The summed E-state index contributed by atoms with van der Waals surface area (Å²) in [6.07, 6.45) is 3.54. The third-order valence-corrected chi connectivity index (χ3v) is 4.43. The summed E-state index contributed by atoms with van der Waals surface area (Å²) in [6, 6.07) is 0.570. The van der Waals surface area contributed by atoms with E-state index in [0.717, 1.165) is 50.9 Å². The van der Waals surface area contributed by atoms with Gasteiger partial charge in [0.25, 0.3) is 0 Å². The number of hydrogen-bond donors (Lipinski definition) is 1. The maximum absolute atomic E-state index is 5.57. The Morgan fingerprint density at radius 1 is 1.33 bits per heavy atom. The zero-order valence-corrected chi connectivity index (χ0v) is 13.7. The number of likely N-dealkylation sites (N-methyl/N-ethyl adjacent to an activating group) is 1. The molecule has 0 aromatic carbocycles. The largest absolute Gasteiger partial charge is 0.338 e. The van der Waals surface area contributed by atoms with Crippen molar-refractivity contribution < 1.29 is 4.52 Å². The molecule has 2 saturated heterocycles. The molecule has 1 aromatic heterocycles. The van der Waals surface area contributed by atoms with E-state index in [2.05, 4.69) is 34.2 Å². The summed E-state index contributed by atoms with van der Waals surface area (Å²) in [7, 11) is 2.13. The van der Waals surface area contributed by atoms with E-state index in [0.29, 0.717) is 6.04 Å². The molecule has 0 radical (unpaired) electrons. The van der Waals surface area contributed by atoms with Crippen molar-refractivity contribution >= 4 is 12.4 Å². The van der Waals surface area contributed by atoms with Crippen molar-refractivity contribution in [3.8, 4) is 0 Å². The van der Waals surface area contributed by atoms with Gasteiger partial charge in [-0.25, -0.2) is 0 Å². The minimum atomic E-state index is 0. The summed E-state index contributed by atoms with van der Waals surface area (Å²) in [5.41, 5.74) is 0. The Kier molecular flexibility index (Phi) is 5.98. The van der Waals surface area contributed by atoms with Crippen LogP contribution >= 0.6 is 12.4 Å². The first-order valence-corrected chi connectivity index (χ1v) is 7.78. The highest BCUT2D eigenvalue weighted by Crippen LogP contribution is 2.31. The maximum Gasteiger partial charge on any atom is 0.244 e. The minimum absolute atomic E-state index is 0. The van der Waals surface area contributed by atoms with Gasteiger partial charge in [0.15, 0.2) is 5.82 Å². The Bertz CT molecular complexity index is 441. The first kappa shape index (κ1) is 16.7. The molecular formula is C14H26ClN5O. The molecule has 1 aromatic rings. The van der Waals surface area contributed by atoms with Crippen LogP contribution in [0, 0.1) is 0 Å². The molecule has 120 valence electrons. The number of halogens is 1. The second-order valence-corrected chi connectivity index (χ2v) is 5.89. The van der Waals surface area contributed by atoms with Gasteiger partial charge in [0.1, 0.15) is 0 Å². The van der Waals surface area contributed by atoms with Gasteiger partial charge in [-0.1, -0.05) is 12.1 Å². The lowest BCUT2D eigenvalue weighted by Gasteiger charge is -2.30. The highest BCUT2D eigenvalue weighted by atomic mass is 35.5. The van der Waals surface area contributed by atoms with E-state index >= 15 is 0 Å². The summed E-state index contributed by atoms with van der Waals surface area (Å²) in [4.78, 5) is 9.47. The number of nitrogens with zero attached hydrogens (tertiary/aromatic N) is 4. The van der Waals surface area contributed by atoms with E-state index in [4.69, 9.17) is 9.51 Å². The fourth-order valence-electron chi connectivity index (χ4n) is 3.27. The number of likely N-dealkylation sites (tertiary alicyclic amines) is 1. The molecule has 2 atom stereocenters. The third kappa shape index (κ3) is 3.56. The van der Waals surface area contributed by atoms with E-state index in [9.17, 15) is 0 Å². The molecule has 0 amide bonds. The Labute approximate surface area is 132 Å². The smallest absolute Gasteiger partial charge is 0.244 e. The van der Waals surface area contributed by atoms with Gasteiger partial charge in [-0.3, -0.25) is 9.80 Å². The van der Waals surface area contributed by atoms with Gasteiger partial charge in [-0.05, 0) is 39.4 Å². The normalized spacial score (nSPS) is 27.7. The molecular weight excluding hydrogens is 290 g/mol. The van der Waals surface area contributed by atoms with E-state index in [1.807, 2.05) is 0 Å². The van der Waals surface area contributed by atoms with Crippen LogP contribution in [0.2, 0.25) is 0 Å². The lowest BCUT2D eigenvalue weighted by atomic mass is 10.2. The Morgan fingerprint density at radius 3 is 2.95 bits per heavy atom. The van der Waals surface area contributed by atoms with Crippen LogP contribution in [0.5, 0.6) is 0 Å². The van der Waals surface area contributed by atoms with Gasteiger partial charge >= 0.3 is 0 Å². The van der Waals surface area contributed by atoms with Gasteiger partial charge in [0.05, 0.1) is 12.1 Å². The molecule has 2 unspecified atom stereocenters. The number of nitrogens with one attached hydrogen (secondary N) is 1. The van der Waals surface area contributed by atoms with Gasteiger partial charge in [-0.2, -0.15) is 4.98 Å². The lowest BCUT2D eigenvalue weighted by molar-refractivity contribution is 0.188. The zero-order valence-electron chi connectivity index (χ0n) is 12.9. The van der Waals surface area contributed by atoms with Crippen LogP contribution in [0.15, 0.2) is 4.52 Å². The first-order chi connectivity index (χ1) is 9.79. The van der Waals surface area contributed by atoms with Crippen LogP contribution in [0.4, 0.5) is 0 Å². The molecule has 0 bridgehead atoms. The van der Waals surface area contributed by atoms with E-state index in [-0.39, 0.29) is 18.4 Å². The van der Waals surface area contributed by atoms with Gasteiger partial charge in [-0.15, -0.1) is 12.4 Å². The van der Waals surface area contributed by atoms with Crippen LogP contribution in [-0.2, 0) is 0 Å². The quantitative estimate of drug-likeness (QED) is 0.911. The second-order valence-electron chi connectivity index (χ2n) is 5.89. The summed E-state index contributed by atoms with van der Waals surface area (Å²) < 4.78 is 5.57. The van der Waals surface area contributed by atoms with Gasteiger partial charge in [0.2, 0.25) is 5.89 Å². The van der Waals surface area contributed by atoms with Crippen LogP contribution in [0.3, 0.4) is 0 Å². The summed E-state index contributed by atoms with van der Waals surface area (Å²) in [5.74, 6) is 1.64. The molecule has 6 nitrogen and oxygen atoms in total. The SMILES string of the molecule is CCCN1CCCC1c1nc(C2CNCCN2C)no1.Cl. The predicted molar refractivity (Wildman–Crippen MR) is 83.6 cm³/mol.